The van der Waals surface area contributed by atoms with Gasteiger partial charge in [0.2, 0.25) is 0 Å². The third kappa shape index (κ3) is 1.44. The molecule has 0 atom stereocenters. The number of nitrogens with zero attached hydrogens (tertiary/aromatic N) is 2. The SMILES string of the molecule is OB(O)c1ccc2c(c1)ncn2C1CC1. The minimum Gasteiger partial charge on any atom is -0.423 e. The van der Waals surface area contributed by atoms with Gasteiger partial charge in [-0.25, -0.2) is 4.98 Å². The highest BCUT2D eigenvalue weighted by Gasteiger charge is 2.25. The first-order valence-corrected chi connectivity index (χ1v) is 5.08. The van der Waals surface area contributed by atoms with E-state index < -0.39 is 7.12 Å². The van der Waals surface area contributed by atoms with Crippen molar-refractivity contribution in [1.29, 1.82) is 0 Å². The molecule has 1 aliphatic rings. The van der Waals surface area contributed by atoms with Crippen LogP contribution < -0.4 is 5.46 Å². The van der Waals surface area contributed by atoms with Crippen molar-refractivity contribution in [3.63, 3.8) is 0 Å². The molecule has 0 radical (unpaired) electrons. The van der Waals surface area contributed by atoms with Crippen molar-refractivity contribution in [2.75, 3.05) is 0 Å². The van der Waals surface area contributed by atoms with Crippen molar-refractivity contribution >= 4 is 23.6 Å². The highest BCUT2D eigenvalue weighted by Crippen LogP contribution is 2.36. The molecular formula is C10H11BN2O2. The van der Waals surface area contributed by atoms with Gasteiger partial charge in [-0.2, -0.15) is 0 Å². The van der Waals surface area contributed by atoms with Crippen LogP contribution in [-0.4, -0.2) is 26.7 Å². The third-order valence-electron chi connectivity index (χ3n) is 2.84. The van der Waals surface area contributed by atoms with Crippen molar-refractivity contribution in [3.05, 3.63) is 24.5 Å². The van der Waals surface area contributed by atoms with E-state index in [-0.39, 0.29) is 0 Å². The molecule has 4 nitrogen and oxygen atoms in total. The van der Waals surface area contributed by atoms with Crippen molar-refractivity contribution in [2.45, 2.75) is 18.9 Å². The van der Waals surface area contributed by atoms with Crippen LogP contribution in [0.15, 0.2) is 24.5 Å². The smallest absolute Gasteiger partial charge is 0.423 e. The summed E-state index contributed by atoms with van der Waals surface area (Å²) in [6.45, 7) is 0. The molecule has 3 rings (SSSR count). The topological polar surface area (TPSA) is 58.3 Å². The molecule has 1 aliphatic carbocycles. The van der Waals surface area contributed by atoms with Gasteiger partial charge in [-0.05, 0) is 30.4 Å². The lowest BCUT2D eigenvalue weighted by Crippen LogP contribution is -2.29. The van der Waals surface area contributed by atoms with E-state index in [1.165, 1.54) is 12.8 Å². The Bertz CT molecular complexity index is 505. The van der Waals surface area contributed by atoms with Gasteiger partial charge in [-0.15, -0.1) is 0 Å². The van der Waals surface area contributed by atoms with Gasteiger partial charge in [-0.1, -0.05) is 6.07 Å². The average molecular weight is 202 g/mol. The van der Waals surface area contributed by atoms with Gasteiger partial charge in [0, 0.05) is 6.04 Å². The number of hydrogen-bond donors (Lipinski definition) is 2. The number of hydrogen-bond acceptors (Lipinski definition) is 3. The number of fused-ring (bicyclic) bond motifs is 1. The highest BCUT2D eigenvalue weighted by atomic mass is 16.4. The fourth-order valence-electron chi connectivity index (χ4n) is 1.85. The maximum absolute atomic E-state index is 9.03. The first-order valence-electron chi connectivity index (χ1n) is 5.08. The molecule has 2 N–H and O–H groups in total. The number of rotatable bonds is 2. The first kappa shape index (κ1) is 8.94. The summed E-state index contributed by atoms with van der Waals surface area (Å²) in [6.07, 6.45) is 4.27. The standard InChI is InChI=1S/C10H11BN2O2/c14-11(15)7-1-4-10-9(5-7)12-6-13(10)8-2-3-8/h1,4-6,8,14-15H,2-3H2. The van der Waals surface area contributed by atoms with Crippen LogP contribution in [0, 0.1) is 0 Å². The van der Waals surface area contributed by atoms with Crippen molar-refractivity contribution in [2.24, 2.45) is 0 Å². The lowest BCUT2D eigenvalue weighted by molar-refractivity contribution is 0.426. The minimum absolute atomic E-state index is 0.489. The normalized spacial score (nSPS) is 15.9. The Morgan fingerprint density at radius 3 is 2.80 bits per heavy atom. The molecule has 0 aliphatic heterocycles. The van der Waals surface area contributed by atoms with Crippen LogP contribution in [0.4, 0.5) is 0 Å². The van der Waals surface area contributed by atoms with Gasteiger partial charge in [0.05, 0.1) is 17.4 Å². The molecule has 2 aromatic rings. The summed E-state index contributed by atoms with van der Waals surface area (Å²) in [7, 11) is -1.42. The molecule has 1 aromatic carbocycles. The molecule has 5 heteroatoms. The fraction of sp³-hybridized carbons (Fsp3) is 0.300. The highest BCUT2D eigenvalue weighted by molar-refractivity contribution is 6.58. The Morgan fingerprint density at radius 1 is 1.33 bits per heavy atom. The second kappa shape index (κ2) is 3.08. The Hall–Kier alpha value is -1.33. The van der Waals surface area contributed by atoms with Gasteiger partial charge in [0.25, 0.3) is 0 Å². The summed E-state index contributed by atoms with van der Waals surface area (Å²) in [6, 6.07) is 5.95. The van der Waals surface area contributed by atoms with Crippen molar-refractivity contribution in [1.82, 2.24) is 9.55 Å². The second-order valence-electron chi connectivity index (χ2n) is 4.00. The van der Waals surface area contributed by atoms with E-state index in [1.807, 2.05) is 12.4 Å². The summed E-state index contributed by atoms with van der Waals surface area (Å²) in [5.74, 6) is 0. The zero-order chi connectivity index (χ0) is 10.4. The van der Waals surface area contributed by atoms with Gasteiger partial charge in [0.15, 0.2) is 0 Å². The summed E-state index contributed by atoms with van der Waals surface area (Å²) in [5.41, 5.74) is 2.39. The predicted octanol–water partition coefficient (Wildman–Crippen LogP) is 0.0510. The van der Waals surface area contributed by atoms with Gasteiger partial charge >= 0.3 is 7.12 Å². The molecule has 0 bridgehead atoms. The van der Waals surface area contributed by atoms with E-state index in [9.17, 15) is 0 Å². The molecule has 0 saturated heterocycles. The Kier molecular flexibility index (Phi) is 1.84. The molecule has 1 aromatic heterocycles. The summed E-state index contributed by atoms with van der Waals surface area (Å²) >= 11 is 0. The number of aromatic nitrogens is 2. The lowest BCUT2D eigenvalue weighted by Gasteiger charge is -2.02. The molecular weight excluding hydrogens is 191 g/mol. The van der Waals surface area contributed by atoms with Crippen molar-refractivity contribution in [3.8, 4) is 0 Å². The van der Waals surface area contributed by atoms with Crippen molar-refractivity contribution < 1.29 is 10.0 Å². The Labute approximate surface area is 87.3 Å². The van der Waals surface area contributed by atoms with Crippen LogP contribution in [0.25, 0.3) is 11.0 Å². The predicted molar refractivity (Wildman–Crippen MR) is 57.8 cm³/mol. The summed E-state index contributed by atoms with van der Waals surface area (Å²) in [4.78, 5) is 4.26. The van der Waals surface area contributed by atoms with E-state index in [2.05, 4.69) is 9.55 Å². The minimum atomic E-state index is -1.42. The maximum Gasteiger partial charge on any atom is 0.488 e. The van der Waals surface area contributed by atoms with E-state index in [1.54, 1.807) is 12.1 Å². The molecule has 0 unspecified atom stereocenters. The van der Waals surface area contributed by atoms with E-state index in [0.29, 0.717) is 11.5 Å². The molecule has 1 saturated carbocycles. The molecule has 15 heavy (non-hydrogen) atoms. The quantitative estimate of drug-likeness (QED) is 0.676. The Balaban J connectivity index is 2.13. The van der Waals surface area contributed by atoms with E-state index in [4.69, 9.17) is 10.0 Å². The van der Waals surface area contributed by atoms with Gasteiger partial charge < -0.3 is 14.6 Å². The molecule has 1 fully saturated rings. The third-order valence-corrected chi connectivity index (χ3v) is 2.84. The van der Waals surface area contributed by atoms with Crippen LogP contribution in [0.2, 0.25) is 0 Å². The molecule has 0 spiro atoms. The number of imidazole rings is 1. The van der Waals surface area contributed by atoms with Crippen LogP contribution in [0.3, 0.4) is 0 Å². The monoisotopic (exact) mass is 202 g/mol. The number of benzene rings is 1. The molecule has 76 valence electrons. The fourth-order valence-corrected chi connectivity index (χ4v) is 1.85. The maximum atomic E-state index is 9.03. The second-order valence-corrected chi connectivity index (χ2v) is 4.00. The van der Waals surface area contributed by atoms with Gasteiger partial charge in [0.1, 0.15) is 0 Å². The lowest BCUT2D eigenvalue weighted by atomic mass is 9.80. The average Bonchev–Trinajstić information content (AvgIpc) is 2.98. The van der Waals surface area contributed by atoms with Crippen LogP contribution in [0.5, 0.6) is 0 Å². The van der Waals surface area contributed by atoms with Gasteiger partial charge in [-0.3, -0.25) is 0 Å². The Morgan fingerprint density at radius 2 is 2.13 bits per heavy atom. The largest absolute Gasteiger partial charge is 0.488 e. The van der Waals surface area contributed by atoms with E-state index >= 15 is 0 Å². The van der Waals surface area contributed by atoms with Crippen LogP contribution in [0.1, 0.15) is 18.9 Å². The molecule has 0 amide bonds. The van der Waals surface area contributed by atoms with Crippen LogP contribution in [-0.2, 0) is 0 Å². The zero-order valence-corrected chi connectivity index (χ0v) is 8.17. The summed E-state index contributed by atoms with van der Waals surface area (Å²) in [5, 5.41) is 18.1. The summed E-state index contributed by atoms with van der Waals surface area (Å²) < 4.78 is 2.16. The van der Waals surface area contributed by atoms with E-state index in [0.717, 1.165) is 11.0 Å². The molecule has 1 heterocycles. The van der Waals surface area contributed by atoms with Crippen LogP contribution >= 0.6 is 0 Å². The zero-order valence-electron chi connectivity index (χ0n) is 8.17. The first-order chi connectivity index (χ1) is 7.25.